The van der Waals surface area contributed by atoms with Crippen molar-refractivity contribution in [3.8, 4) is 0 Å². The number of hydrogen-bond acceptors (Lipinski definition) is 3. The van der Waals surface area contributed by atoms with Crippen LogP contribution in [-0.4, -0.2) is 38.6 Å². The second-order valence-corrected chi connectivity index (χ2v) is 3.02. The normalized spacial score (nSPS) is 20.6. The molecule has 0 fully saturated rings. The van der Waals surface area contributed by atoms with E-state index < -0.39 is 0 Å². The van der Waals surface area contributed by atoms with Crippen molar-refractivity contribution in [1.29, 1.82) is 0 Å². The second kappa shape index (κ2) is 3.74. The van der Waals surface area contributed by atoms with E-state index in [0.717, 1.165) is 19.5 Å². The van der Waals surface area contributed by atoms with Crippen LogP contribution < -0.4 is 11.1 Å². The highest BCUT2D eigenvalue weighted by Gasteiger charge is 2.13. The predicted octanol–water partition coefficient (Wildman–Crippen LogP) is -0.246. The van der Waals surface area contributed by atoms with E-state index in [9.17, 15) is 0 Å². The van der Waals surface area contributed by atoms with E-state index in [4.69, 9.17) is 5.73 Å². The fourth-order valence-corrected chi connectivity index (χ4v) is 1.47. The molecule has 0 aliphatic carbocycles. The fraction of sp³-hybridized carbons (Fsp3) is 0.750. The minimum Gasteiger partial charge on any atom is -0.391 e. The van der Waals surface area contributed by atoms with E-state index >= 15 is 0 Å². The monoisotopic (exact) mass is 155 g/mol. The number of nitrogens with one attached hydrogen (secondary N) is 1. The first-order valence-corrected chi connectivity index (χ1v) is 4.05. The molecule has 0 saturated carbocycles. The Bertz CT molecular complexity index is 163. The summed E-state index contributed by atoms with van der Waals surface area (Å²) in [6.07, 6.45) is 1.11. The van der Waals surface area contributed by atoms with Crippen molar-refractivity contribution >= 4 is 0 Å². The maximum Gasteiger partial charge on any atom is 0.0222 e. The number of likely N-dealkylation sites (N-methyl/N-ethyl adjacent to an activating group) is 1. The van der Waals surface area contributed by atoms with Crippen molar-refractivity contribution < 1.29 is 0 Å². The Kier molecular flexibility index (Phi) is 2.91. The van der Waals surface area contributed by atoms with Crippen LogP contribution in [0.4, 0.5) is 0 Å². The van der Waals surface area contributed by atoms with E-state index in [1.54, 1.807) is 0 Å². The Morgan fingerprint density at radius 2 is 2.36 bits per heavy atom. The molecule has 1 heterocycles. The molecule has 3 N–H and O–H groups in total. The molecule has 0 aromatic rings. The number of hydrogen-bond donors (Lipinski definition) is 2. The highest BCUT2D eigenvalue weighted by molar-refractivity contribution is 5.18. The molecule has 0 aromatic heterocycles. The molecule has 3 heteroatoms. The molecule has 1 aliphatic rings. The highest BCUT2D eigenvalue weighted by Crippen LogP contribution is 2.12. The van der Waals surface area contributed by atoms with Crippen LogP contribution in [0.3, 0.4) is 0 Å². The Balaban J connectivity index is 2.67. The standard InChI is InChI=1S/C8H17N3/c1-10-8-3-4-11(2)6-7(8)5-9/h10H,3-6,9H2,1-2H3. The molecule has 0 atom stereocenters. The van der Waals surface area contributed by atoms with Crippen LogP contribution in [0.1, 0.15) is 6.42 Å². The summed E-state index contributed by atoms with van der Waals surface area (Å²) < 4.78 is 0. The topological polar surface area (TPSA) is 41.3 Å². The van der Waals surface area contributed by atoms with E-state index in [1.807, 2.05) is 7.05 Å². The predicted molar refractivity (Wildman–Crippen MR) is 47.3 cm³/mol. The third-order valence-corrected chi connectivity index (χ3v) is 2.18. The van der Waals surface area contributed by atoms with E-state index in [0.29, 0.717) is 6.54 Å². The van der Waals surface area contributed by atoms with Gasteiger partial charge in [0.05, 0.1) is 0 Å². The van der Waals surface area contributed by atoms with Crippen LogP contribution in [0.15, 0.2) is 11.3 Å². The quantitative estimate of drug-likeness (QED) is 0.578. The van der Waals surface area contributed by atoms with Gasteiger partial charge in [0.25, 0.3) is 0 Å². The molecule has 64 valence electrons. The number of rotatable bonds is 2. The van der Waals surface area contributed by atoms with E-state index in [-0.39, 0.29) is 0 Å². The highest BCUT2D eigenvalue weighted by atomic mass is 15.1. The molecule has 0 spiro atoms. The summed E-state index contributed by atoms with van der Waals surface area (Å²) in [6, 6.07) is 0. The zero-order valence-corrected chi connectivity index (χ0v) is 7.35. The first kappa shape index (κ1) is 8.56. The summed E-state index contributed by atoms with van der Waals surface area (Å²) in [7, 11) is 4.10. The van der Waals surface area contributed by atoms with Crippen molar-refractivity contribution in [2.45, 2.75) is 6.42 Å². The molecule has 0 bridgehead atoms. The van der Waals surface area contributed by atoms with Gasteiger partial charge in [-0.1, -0.05) is 0 Å². The van der Waals surface area contributed by atoms with Crippen LogP contribution in [0, 0.1) is 0 Å². The lowest BCUT2D eigenvalue weighted by Crippen LogP contribution is -2.33. The van der Waals surface area contributed by atoms with Gasteiger partial charge < -0.3 is 16.0 Å². The Labute approximate surface area is 68.2 Å². The van der Waals surface area contributed by atoms with Gasteiger partial charge in [-0.2, -0.15) is 0 Å². The maximum absolute atomic E-state index is 5.61. The second-order valence-electron chi connectivity index (χ2n) is 3.02. The first-order chi connectivity index (χ1) is 5.27. The molecule has 0 aromatic carbocycles. The third-order valence-electron chi connectivity index (χ3n) is 2.18. The van der Waals surface area contributed by atoms with Crippen molar-refractivity contribution in [1.82, 2.24) is 10.2 Å². The molecule has 1 rings (SSSR count). The summed E-state index contributed by atoms with van der Waals surface area (Å²) in [6.45, 7) is 2.84. The average Bonchev–Trinajstić information content (AvgIpc) is 2.04. The lowest BCUT2D eigenvalue weighted by atomic mass is 10.1. The maximum atomic E-state index is 5.61. The molecule has 0 saturated heterocycles. The van der Waals surface area contributed by atoms with Crippen LogP contribution in [0.25, 0.3) is 0 Å². The molecule has 0 unspecified atom stereocenters. The number of nitrogens with zero attached hydrogens (tertiary/aromatic N) is 1. The van der Waals surface area contributed by atoms with Crippen molar-refractivity contribution in [3.63, 3.8) is 0 Å². The fourth-order valence-electron chi connectivity index (χ4n) is 1.47. The lowest BCUT2D eigenvalue weighted by Gasteiger charge is -2.26. The zero-order valence-electron chi connectivity index (χ0n) is 7.35. The Morgan fingerprint density at radius 1 is 1.64 bits per heavy atom. The molecule has 1 aliphatic heterocycles. The van der Waals surface area contributed by atoms with Gasteiger partial charge in [0.15, 0.2) is 0 Å². The van der Waals surface area contributed by atoms with Crippen LogP contribution >= 0.6 is 0 Å². The third kappa shape index (κ3) is 1.94. The Hall–Kier alpha value is -0.540. The van der Waals surface area contributed by atoms with Crippen molar-refractivity contribution in [2.75, 3.05) is 33.7 Å². The van der Waals surface area contributed by atoms with Gasteiger partial charge in [0.2, 0.25) is 0 Å². The summed E-state index contributed by atoms with van der Waals surface area (Å²) in [4.78, 5) is 2.29. The molecule has 11 heavy (non-hydrogen) atoms. The van der Waals surface area contributed by atoms with Gasteiger partial charge in [-0.05, 0) is 19.0 Å². The van der Waals surface area contributed by atoms with Gasteiger partial charge in [0.1, 0.15) is 0 Å². The summed E-state index contributed by atoms with van der Waals surface area (Å²) in [5, 5.41) is 3.20. The van der Waals surface area contributed by atoms with Gasteiger partial charge in [-0.15, -0.1) is 0 Å². The minimum atomic E-state index is 0.681. The SMILES string of the molecule is CNC1=C(CN)CN(C)CC1. The van der Waals surface area contributed by atoms with E-state index in [1.165, 1.54) is 11.3 Å². The van der Waals surface area contributed by atoms with Gasteiger partial charge in [-0.25, -0.2) is 0 Å². The number of nitrogens with two attached hydrogens (primary N) is 1. The average molecular weight is 155 g/mol. The van der Waals surface area contributed by atoms with Crippen LogP contribution in [0.2, 0.25) is 0 Å². The largest absolute Gasteiger partial charge is 0.391 e. The van der Waals surface area contributed by atoms with Crippen LogP contribution in [0.5, 0.6) is 0 Å². The minimum absolute atomic E-state index is 0.681. The molecule has 0 amide bonds. The molecule has 0 radical (unpaired) electrons. The Morgan fingerprint density at radius 3 is 2.91 bits per heavy atom. The summed E-state index contributed by atoms with van der Waals surface area (Å²) in [5.74, 6) is 0. The smallest absolute Gasteiger partial charge is 0.0222 e. The zero-order chi connectivity index (χ0) is 8.27. The van der Waals surface area contributed by atoms with Gasteiger partial charge in [-0.3, -0.25) is 0 Å². The summed E-state index contributed by atoms with van der Waals surface area (Å²) >= 11 is 0. The molecule has 3 nitrogen and oxygen atoms in total. The summed E-state index contributed by atoms with van der Waals surface area (Å²) in [5.41, 5.74) is 8.29. The molecular weight excluding hydrogens is 138 g/mol. The van der Waals surface area contributed by atoms with Gasteiger partial charge in [0, 0.05) is 32.4 Å². The van der Waals surface area contributed by atoms with Crippen LogP contribution in [-0.2, 0) is 0 Å². The van der Waals surface area contributed by atoms with Gasteiger partial charge >= 0.3 is 0 Å². The first-order valence-electron chi connectivity index (χ1n) is 4.05. The molecular formula is C8H17N3. The van der Waals surface area contributed by atoms with E-state index in [2.05, 4.69) is 17.3 Å². The van der Waals surface area contributed by atoms with Crippen molar-refractivity contribution in [3.05, 3.63) is 11.3 Å². The lowest BCUT2D eigenvalue weighted by molar-refractivity contribution is 0.341. The van der Waals surface area contributed by atoms with Crippen molar-refractivity contribution in [2.24, 2.45) is 5.73 Å².